The SMILES string of the molecule is CCN(CCO)Cc1c(C)nn(C)c1N. The van der Waals surface area contributed by atoms with Crippen LogP contribution in [0, 0.1) is 6.92 Å². The molecule has 0 bridgehead atoms. The molecule has 0 aliphatic heterocycles. The number of aromatic nitrogens is 2. The highest BCUT2D eigenvalue weighted by molar-refractivity contribution is 5.42. The first-order chi connectivity index (χ1) is 7.10. The van der Waals surface area contributed by atoms with E-state index in [4.69, 9.17) is 10.8 Å². The van der Waals surface area contributed by atoms with Gasteiger partial charge < -0.3 is 10.8 Å². The third kappa shape index (κ3) is 2.70. The van der Waals surface area contributed by atoms with Gasteiger partial charge >= 0.3 is 0 Å². The van der Waals surface area contributed by atoms with Crippen LogP contribution in [-0.4, -0.2) is 39.5 Å². The minimum atomic E-state index is 0.174. The van der Waals surface area contributed by atoms with E-state index in [2.05, 4.69) is 16.9 Å². The van der Waals surface area contributed by atoms with Crippen molar-refractivity contribution in [2.75, 3.05) is 25.4 Å². The highest BCUT2D eigenvalue weighted by Gasteiger charge is 2.13. The van der Waals surface area contributed by atoms with Crippen LogP contribution in [0.15, 0.2) is 0 Å². The van der Waals surface area contributed by atoms with Crippen LogP contribution in [0.25, 0.3) is 0 Å². The first-order valence-corrected chi connectivity index (χ1v) is 5.21. The van der Waals surface area contributed by atoms with E-state index in [0.29, 0.717) is 12.4 Å². The van der Waals surface area contributed by atoms with Crippen LogP contribution in [-0.2, 0) is 13.6 Å². The summed E-state index contributed by atoms with van der Waals surface area (Å²) >= 11 is 0. The minimum absolute atomic E-state index is 0.174. The highest BCUT2D eigenvalue weighted by atomic mass is 16.3. The molecule has 3 N–H and O–H groups in total. The van der Waals surface area contributed by atoms with E-state index >= 15 is 0 Å². The molecule has 1 heterocycles. The van der Waals surface area contributed by atoms with E-state index in [9.17, 15) is 0 Å². The Kier molecular flexibility index (Phi) is 4.11. The molecular weight excluding hydrogens is 192 g/mol. The van der Waals surface area contributed by atoms with Gasteiger partial charge in [-0.2, -0.15) is 5.10 Å². The summed E-state index contributed by atoms with van der Waals surface area (Å²) in [4.78, 5) is 2.14. The second-order valence-electron chi connectivity index (χ2n) is 3.67. The molecule has 0 amide bonds. The molecule has 0 saturated carbocycles. The first-order valence-electron chi connectivity index (χ1n) is 5.21. The van der Waals surface area contributed by atoms with E-state index in [1.165, 1.54) is 0 Å². The van der Waals surface area contributed by atoms with Crippen molar-refractivity contribution in [2.45, 2.75) is 20.4 Å². The molecule has 5 nitrogen and oxygen atoms in total. The zero-order chi connectivity index (χ0) is 11.4. The van der Waals surface area contributed by atoms with E-state index < -0.39 is 0 Å². The Hall–Kier alpha value is -1.07. The van der Waals surface area contributed by atoms with Gasteiger partial charge in [0, 0.05) is 25.7 Å². The monoisotopic (exact) mass is 212 g/mol. The van der Waals surface area contributed by atoms with Crippen LogP contribution < -0.4 is 5.73 Å². The second-order valence-corrected chi connectivity index (χ2v) is 3.67. The zero-order valence-corrected chi connectivity index (χ0v) is 9.69. The summed E-state index contributed by atoms with van der Waals surface area (Å²) in [5, 5.41) is 13.2. The Bertz CT molecular complexity index is 321. The molecule has 1 aromatic rings. The molecule has 0 unspecified atom stereocenters. The van der Waals surface area contributed by atoms with Gasteiger partial charge in [-0.05, 0) is 13.5 Å². The van der Waals surface area contributed by atoms with Gasteiger partial charge in [-0.1, -0.05) is 6.92 Å². The van der Waals surface area contributed by atoms with Gasteiger partial charge in [-0.15, -0.1) is 0 Å². The molecule has 1 aromatic heterocycles. The predicted molar refractivity (Wildman–Crippen MR) is 60.4 cm³/mol. The molecule has 0 fully saturated rings. The van der Waals surface area contributed by atoms with Crippen molar-refractivity contribution in [3.05, 3.63) is 11.3 Å². The number of rotatable bonds is 5. The average molecular weight is 212 g/mol. The molecule has 0 atom stereocenters. The maximum Gasteiger partial charge on any atom is 0.126 e. The summed E-state index contributed by atoms with van der Waals surface area (Å²) in [6.07, 6.45) is 0. The topological polar surface area (TPSA) is 67.3 Å². The lowest BCUT2D eigenvalue weighted by atomic mass is 10.2. The molecule has 0 aliphatic rings. The van der Waals surface area contributed by atoms with Gasteiger partial charge in [0.25, 0.3) is 0 Å². The number of aliphatic hydroxyl groups is 1. The quantitative estimate of drug-likeness (QED) is 0.728. The summed E-state index contributed by atoms with van der Waals surface area (Å²) in [7, 11) is 1.84. The number of nitrogens with zero attached hydrogens (tertiary/aromatic N) is 3. The number of hydrogen-bond acceptors (Lipinski definition) is 4. The predicted octanol–water partition coefficient (Wildman–Crippen LogP) is 0.125. The van der Waals surface area contributed by atoms with Gasteiger partial charge in [0.2, 0.25) is 0 Å². The van der Waals surface area contributed by atoms with Gasteiger partial charge in [-0.25, -0.2) is 0 Å². The van der Waals surface area contributed by atoms with Gasteiger partial charge in [0.05, 0.1) is 12.3 Å². The Morgan fingerprint density at radius 1 is 1.53 bits per heavy atom. The van der Waals surface area contributed by atoms with Crippen LogP contribution in [0.4, 0.5) is 5.82 Å². The Labute approximate surface area is 90.5 Å². The first kappa shape index (κ1) is 12.0. The van der Waals surface area contributed by atoms with Crippen molar-refractivity contribution in [1.29, 1.82) is 0 Å². The van der Waals surface area contributed by atoms with E-state index in [1.54, 1.807) is 4.68 Å². The van der Waals surface area contributed by atoms with Gasteiger partial charge in [-0.3, -0.25) is 9.58 Å². The summed E-state index contributed by atoms with van der Waals surface area (Å²) in [6, 6.07) is 0. The van der Waals surface area contributed by atoms with Crippen molar-refractivity contribution in [2.24, 2.45) is 7.05 Å². The fraction of sp³-hybridized carbons (Fsp3) is 0.700. The fourth-order valence-electron chi connectivity index (χ4n) is 1.63. The summed E-state index contributed by atoms with van der Waals surface area (Å²) in [6.45, 7) is 6.52. The van der Waals surface area contributed by atoms with Crippen LogP contribution in [0.5, 0.6) is 0 Å². The van der Waals surface area contributed by atoms with Crippen molar-refractivity contribution >= 4 is 5.82 Å². The number of aryl methyl sites for hydroxylation is 2. The minimum Gasteiger partial charge on any atom is -0.395 e. The normalized spacial score (nSPS) is 11.3. The van der Waals surface area contributed by atoms with Crippen molar-refractivity contribution < 1.29 is 5.11 Å². The molecule has 0 aromatic carbocycles. The smallest absolute Gasteiger partial charge is 0.126 e. The molecule has 0 radical (unpaired) electrons. The third-order valence-corrected chi connectivity index (χ3v) is 2.64. The molecule has 1 rings (SSSR count). The maximum atomic E-state index is 8.90. The van der Waals surface area contributed by atoms with Gasteiger partial charge in [0.15, 0.2) is 0 Å². The van der Waals surface area contributed by atoms with Crippen molar-refractivity contribution in [3.63, 3.8) is 0 Å². The highest BCUT2D eigenvalue weighted by Crippen LogP contribution is 2.17. The molecule has 86 valence electrons. The number of aliphatic hydroxyl groups excluding tert-OH is 1. The molecule has 5 heteroatoms. The van der Waals surface area contributed by atoms with E-state index in [-0.39, 0.29) is 6.61 Å². The molecule has 15 heavy (non-hydrogen) atoms. The van der Waals surface area contributed by atoms with Crippen LogP contribution in [0.3, 0.4) is 0 Å². The van der Waals surface area contributed by atoms with Crippen LogP contribution >= 0.6 is 0 Å². The average Bonchev–Trinajstić information content (AvgIpc) is 2.44. The lowest BCUT2D eigenvalue weighted by molar-refractivity contribution is 0.197. The lowest BCUT2D eigenvalue weighted by Gasteiger charge is -2.18. The number of anilines is 1. The second kappa shape index (κ2) is 5.14. The largest absolute Gasteiger partial charge is 0.395 e. The number of nitrogen functional groups attached to an aromatic ring is 1. The zero-order valence-electron chi connectivity index (χ0n) is 9.69. The molecule has 0 spiro atoms. The van der Waals surface area contributed by atoms with Crippen LogP contribution in [0.2, 0.25) is 0 Å². The summed E-state index contributed by atoms with van der Waals surface area (Å²) in [5.41, 5.74) is 7.94. The van der Waals surface area contributed by atoms with E-state index in [0.717, 1.165) is 24.3 Å². The van der Waals surface area contributed by atoms with Gasteiger partial charge in [0.1, 0.15) is 5.82 Å². The Balaban J connectivity index is 2.78. The third-order valence-electron chi connectivity index (χ3n) is 2.64. The Morgan fingerprint density at radius 3 is 2.60 bits per heavy atom. The molecule has 0 saturated heterocycles. The summed E-state index contributed by atoms with van der Waals surface area (Å²) < 4.78 is 1.69. The van der Waals surface area contributed by atoms with Crippen molar-refractivity contribution in [1.82, 2.24) is 14.7 Å². The molecule has 0 aliphatic carbocycles. The maximum absolute atomic E-state index is 8.90. The number of hydrogen-bond donors (Lipinski definition) is 2. The summed E-state index contributed by atoms with van der Waals surface area (Å²) in [5.74, 6) is 0.712. The van der Waals surface area contributed by atoms with Crippen LogP contribution in [0.1, 0.15) is 18.2 Å². The van der Waals surface area contributed by atoms with E-state index in [1.807, 2.05) is 14.0 Å². The fourth-order valence-corrected chi connectivity index (χ4v) is 1.63. The number of likely N-dealkylation sites (N-methyl/N-ethyl adjacent to an activating group) is 1. The number of nitrogens with two attached hydrogens (primary N) is 1. The lowest BCUT2D eigenvalue weighted by Crippen LogP contribution is -2.26. The molecular formula is C10H20N4O. The van der Waals surface area contributed by atoms with Crippen molar-refractivity contribution in [3.8, 4) is 0 Å². The Morgan fingerprint density at radius 2 is 2.20 bits per heavy atom. The standard InChI is InChI=1S/C10H20N4O/c1-4-14(5-6-15)7-9-8(2)12-13(3)10(9)11/h15H,4-7,11H2,1-3H3.